The number of ether oxygens (including phenoxy) is 1. The molecule has 0 aromatic heterocycles. The first-order valence-electron chi connectivity index (χ1n) is 4.41. The van der Waals surface area contributed by atoms with Gasteiger partial charge in [0, 0.05) is 6.54 Å². The number of hydrogen-bond acceptors (Lipinski definition) is 3. The summed E-state index contributed by atoms with van der Waals surface area (Å²) < 4.78 is 4.55. The molecule has 0 saturated heterocycles. The number of carbonyl (C=O) groups excluding carboxylic acids is 1. The van der Waals surface area contributed by atoms with E-state index < -0.39 is 4.32 Å². The smallest absolute Gasteiger partial charge is 0.322 e. The van der Waals surface area contributed by atoms with Crippen LogP contribution in [0.5, 0.6) is 0 Å². The molecule has 1 unspecified atom stereocenters. The van der Waals surface area contributed by atoms with Crippen LogP contribution in [0, 0.1) is 0 Å². The Morgan fingerprint density at radius 1 is 1.54 bits per heavy atom. The summed E-state index contributed by atoms with van der Waals surface area (Å²) >= 11 is 3.33. The third-order valence-electron chi connectivity index (χ3n) is 1.86. The molecule has 1 atom stereocenters. The fourth-order valence-electron chi connectivity index (χ4n) is 0.616. The van der Waals surface area contributed by atoms with Crippen LogP contribution < -0.4 is 0 Å². The van der Waals surface area contributed by atoms with Crippen molar-refractivity contribution in [3.63, 3.8) is 0 Å². The Balaban J connectivity index is 3.75. The van der Waals surface area contributed by atoms with Gasteiger partial charge in [-0.15, -0.1) is 0 Å². The third-order valence-corrected chi connectivity index (χ3v) is 2.75. The number of hydrogen-bond donors (Lipinski definition) is 0. The minimum absolute atomic E-state index is 0.183. The lowest BCUT2D eigenvalue weighted by atomic mass is 10.1. The van der Waals surface area contributed by atoms with Gasteiger partial charge in [0.25, 0.3) is 0 Å². The molecule has 0 heterocycles. The van der Waals surface area contributed by atoms with Gasteiger partial charge in [-0.25, -0.2) is 0 Å². The highest BCUT2D eigenvalue weighted by atomic mass is 79.9. The van der Waals surface area contributed by atoms with E-state index >= 15 is 0 Å². The highest BCUT2D eigenvalue weighted by Crippen LogP contribution is 2.22. The number of nitrogens with zero attached hydrogens (tertiary/aromatic N) is 1. The SMILES string of the molecule is CCC(C)(Br)C(=O)OCCN(C)C. The van der Waals surface area contributed by atoms with Crippen molar-refractivity contribution in [1.29, 1.82) is 0 Å². The molecular formula is C9H18BrNO2. The van der Waals surface area contributed by atoms with Crippen LogP contribution in [0.2, 0.25) is 0 Å². The average Bonchev–Trinajstić information content (AvgIpc) is 2.03. The molecule has 0 N–H and O–H groups in total. The fourth-order valence-corrected chi connectivity index (χ4v) is 0.730. The average molecular weight is 252 g/mol. The van der Waals surface area contributed by atoms with Crippen LogP contribution in [0.1, 0.15) is 20.3 Å². The molecule has 0 aliphatic heterocycles. The highest BCUT2D eigenvalue weighted by Gasteiger charge is 2.29. The molecule has 0 bridgehead atoms. The zero-order valence-electron chi connectivity index (χ0n) is 8.76. The summed E-state index contributed by atoms with van der Waals surface area (Å²) in [5, 5.41) is 0. The molecule has 0 aliphatic carbocycles. The van der Waals surface area contributed by atoms with Crippen LogP contribution in [0.25, 0.3) is 0 Å². The Bertz CT molecular complexity index is 169. The van der Waals surface area contributed by atoms with Gasteiger partial charge in [0.15, 0.2) is 0 Å². The van der Waals surface area contributed by atoms with Crippen LogP contribution in [-0.4, -0.2) is 42.4 Å². The summed E-state index contributed by atoms with van der Waals surface area (Å²) in [4.78, 5) is 13.4. The minimum atomic E-state index is -0.528. The lowest BCUT2D eigenvalue weighted by molar-refractivity contribution is -0.146. The Morgan fingerprint density at radius 2 is 2.08 bits per heavy atom. The standard InChI is InChI=1S/C9H18BrNO2/c1-5-9(2,10)8(12)13-7-6-11(3)4/h5-7H2,1-4H3. The Labute approximate surface area is 88.6 Å². The maximum absolute atomic E-state index is 11.4. The molecule has 78 valence electrons. The summed E-state index contributed by atoms with van der Waals surface area (Å²) in [5.41, 5.74) is 0. The number of halogens is 1. The van der Waals surface area contributed by atoms with E-state index in [9.17, 15) is 4.79 Å². The molecule has 3 nitrogen and oxygen atoms in total. The van der Waals surface area contributed by atoms with Crippen molar-refractivity contribution in [2.75, 3.05) is 27.2 Å². The van der Waals surface area contributed by atoms with Gasteiger partial charge in [-0.2, -0.15) is 0 Å². The van der Waals surface area contributed by atoms with Crippen molar-refractivity contribution in [3.8, 4) is 0 Å². The van der Waals surface area contributed by atoms with Crippen molar-refractivity contribution >= 4 is 21.9 Å². The molecule has 0 aliphatic rings. The van der Waals surface area contributed by atoms with Crippen molar-refractivity contribution in [2.45, 2.75) is 24.6 Å². The summed E-state index contributed by atoms with van der Waals surface area (Å²) in [7, 11) is 3.89. The zero-order valence-corrected chi connectivity index (χ0v) is 10.3. The van der Waals surface area contributed by atoms with E-state index in [-0.39, 0.29) is 5.97 Å². The van der Waals surface area contributed by atoms with Crippen molar-refractivity contribution < 1.29 is 9.53 Å². The summed E-state index contributed by atoms with van der Waals surface area (Å²) in [6, 6.07) is 0. The molecule has 0 rings (SSSR count). The number of rotatable bonds is 5. The topological polar surface area (TPSA) is 29.5 Å². The van der Waals surface area contributed by atoms with Gasteiger partial charge in [-0.3, -0.25) is 4.79 Å². The molecule has 13 heavy (non-hydrogen) atoms. The molecule has 0 aromatic carbocycles. The molecule has 0 aromatic rings. The van der Waals surface area contributed by atoms with E-state index in [4.69, 9.17) is 4.74 Å². The van der Waals surface area contributed by atoms with Crippen LogP contribution in [-0.2, 0) is 9.53 Å². The van der Waals surface area contributed by atoms with Gasteiger partial charge in [0.05, 0.1) is 0 Å². The van der Waals surface area contributed by atoms with E-state index in [0.717, 1.165) is 13.0 Å². The molecular weight excluding hydrogens is 234 g/mol. The lowest BCUT2D eigenvalue weighted by Gasteiger charge is -2.19. The number of esters is 1. The fraction of sp³-hybridized carbons (Fsp3) is 0.889. The minimum Gasteiger partial charge on any atom is -0.463 e. The normalized spacial score (nSPS) is 15.5. The van der Waals surface area contributed by atoms with Gasteiger partial charge in [-0.05, 0) is 27.4 Å². The van der Waals surface area contributed by atoms with E-state index in [1.807, 2.05) is 32.8 Å². The van der Waals surface area contributed by atoms with Crippen LogP contribution in [0.4, 0.5) is 0 Å². The van der Waals surface area contributed by atoms with E-state index in [1.54, 1.807) is 0 Å². The number of likely N-dealkylation sites (N-methyl/N-ethyl adjacent to an activating group) is 1. The van der Waals surface area contributed by atoms with Gasteiger partial charge in [0.1, 0.15) is 10.9 Å². The summed E-state index contributed by atoms with van der Waals surface area (Å²) in [6.07, 6.45) is 0.730. The van der Waals surface area contributed by atoms with Gasteiger partial charge < -0.3 is 9.64 Å². The van der Waals surface area contributed by atoms with Gasteiger partial charge >= 0.3 is 5.97 Å². The Hall–Kier alpha value is -0.0900. The molecule has 0 saturated carbocycles. The van der Waals surface area contributed by atoms with Crippen LogP contribution in [0.15, 0.2) is 0 Å². The van der Waals surface area contributed by atoms with Crippen molar-refractivity contribution in [3.05, 3.63) is 0 Å². The maximum atomic E-state index is 11.4. The van der Waals surface area contributed by atoms with Crippen LogP contribution >= 0.6 is 15.9 Å². The predicted octanol–water partition coefficient (Wildman–Crippen LogP) is 1.65. The Morgan fingerprint density at radius 3 is 2.46 bits per heavy atom. The van der Waals surface area contributed by atoms with E-state index in [2.05, 4.69) is 15.9 Å². The first-order chi connectivity index (χ1) is 5.90. The van der Waals surface area contributed by atoms with Crippen molar-refractivity contribution in [2.24, 2.45) is 0 Å². The first kappa shape index (κ1) is 12.9. The second-order valence-electron chi connectivity index (χ2n) is 3.49. The van der Waals surface area contributed by atoms with Gasteiger partial charge in [-0.1, -0.05) is 22.9 Å². The second-order valence-corrected chi connectivity index (χ2v) is 5.24. The largest absolute Gasteiger partial charge is 0.463 e. The third kappa shape index (κ3) is 5.26. The highest BCUT2D eigenvalue weighted by molar-refractivity contribution is 9.10. The van der Waals surface area contributed by atoms with E-state index in [0.29, 0.717) is 6.61 Å². The Kier molecular flexibility index (Phi) is 5.56. The molecule has 0 fully saturated rings. The summed E-state index contributed by atoms with van der Waals surface area (Å²) in [5.74, 6) is -0.183. The molecule has 0 radical (unpaired) electrons. The molecule has 4 heteroatoms. The second kappa shape index (κ2) is 5.60. The summed E-state index contributed by atoms with van der Waals surface area (Å²) in [6.45, 7) is 4.98. The lowest BCUT2D eigenvalue weighted by Crippen LogP contribution is -2.31. The van der Waals surface area contributed by atoms with Crippen molar-refractivity contribution in [1.82, 2.24) is 4.90 Å². The number of carbonyl (C=O) groups is 1. The predicted molar refractivity (Wildman–Crippen MR) is 57.1 cm³/mol. The zero-order chi connectivity index (χ0) is 10.5. The van der Waals surface area contributed by atoms with Crippen LogP contribution in [0.3, 0.4) is 0 Å². The van der Waals surface area contributed by atoms with E-state index in [1.165, 1.54) is 0 Å². The number of alkyl halides is 1. The quantitative estimate of drug-likeness (QED) is 0.550. The maximum Gasteiger partial charge on any atom is 0.322 e. The molecule has 0 amide bonds. The first-order valence-corrected chi connectivity index (χ1v) is 5.20. The van der Waals surface area contributed by atoms with Gasteiger partial charge in [0.2, 0.25) is 0 Å². The monoisotopic (exact) mass is 251 g/mol. The molecule has 0 spiro atoms.